The second kappa shape index (κ2) is 4.87. The summed E-state index contributed by atoms with van der Waals surface area (Å²) in [5.41, 5.74) is 0. The van der Waals surface area contributed by atoms with Gasteiger partial charge in [0.1, 0.15) is 19.5 Å². The number of esters is 1. The van der Waals surface area contributed by atoms with E-state index in [4.69, 9.17) is 14.2 Å². The van der Waals surface area contributed by atoms with Crippen LogP contribution in [0, 0.1) is 0 Å². The van der Waals surface area contributed by atoms with Crippen LogP contribution in [0.5, 0.6) is 0 Å². The summed E-state index contributed by atoms with van der Waals surface area (Å²) in [6.45, 7) is 0.449. The molecule has 0 bridgehead atoms. The lowest BCUT2D eigenvalue weighted by molar-refractivity contribution is -0.149. The molecule has 0 aromatic heterocycles. The molecule has 2 aliphatic rings. The van der Waals surface area contributed by atoms with Gasteiger partial charge >= 0.3 is 5.97 Å². The normalized spacial score (nSPS) is 18.9. The predicted octanol–water partition coefficient (Wildman–Crippen LogP) is -0.304. The molecule has 0 saturated heterocycles. The molecule has 1 aliphatic carbocycles. The summed E-state index contributed by atoms with van der Waals surface area (Å²) in [4.78, 5) is 22.5. The van der Waals surface area contributed by atoms with Crippen LogP contribution in [0.25, 0.3) is 0 Å². The van der Waals surface area contributed by atoms with Gasteiger partial charge in [-0.05, 0) is 12.8 Å². The molecule has 6 nitrogen and oxygen atoms in total. The number of amides is 1. The van der Waals surface area contributed by atoms with Crippen molar-refractivity contribution >= 4 is 11.9 Å². The number of nitrogens with one attached hydrogen (secondary N) is 1. The van der Waals surface area contributed by atoms with Crippen molar-refractivity contribution in [3.63, 3.8) is 0 Å². The summed E-state index contributed by atoms with van der Waals surface area (Å²) < 4.78 is 14.6. The van der Waals surface area contributed by atoms with E-state index in [9.17, 15) is 9.59 Å². The third kappa shape index (κ3) is 3.15. The molecule has 0 radical (unpaired) electrons. The lowest BCUT2D eigenvalue weighted by Gasteiger charge is -2.14. The maximum Gasteiger partial charge on any atom is 0.377 e. The first-order valence-electron chi connectivity index (χ1n) is 5.17. The van der Waals surface area contributed by atoms with E-state index >= 15 is 0 Å². The predicted molar refractivity (Wildman–Crippen MR) is 52.1 cm³/mol. The molecule has 1 aliphatic heterocycles. The highest BCUT2D eigenvalue weighted by Crippen LogP contribution is 2.18. The van der Waals surface area contributed by atoms with Gasteiger partial charge in [0, 0.05) is 6.04 Å². The van der Waals surface area contributed by atoms with E-state index in [1.807, 2.05) is 0 Å². The smallest absolute Gasteiger partial charge is 0.377 e. The van der Waals surface area contributed by atoms with Crippen LogP contribution in [0.1, 0.15) is 12.8 Å². The molecule has 88 valence electrons. The Balaban J connectivity index is 1.69. The van der Waals surface area contributed by atoms with Crippen molar-refractivity contribution in [3.05, 3.63) is 12.0 Å². The minimum absolute atomic E-state index is 0.00507. The van der Waals surface area contributed by atoms with Crippen LogP contribution in [-0.2, 0) is 23.8 Å². The van der Waals surface area contributed by atoms with Crippen LogP contribution in [0.4, 0.5) is 0 Å². The molecular formula is C10H13NO5. The molecule has 0 atom stereocenters. The van der Waals surface area contributed by atoms with Gasteiger partial charge in [0.2, 0.25) is 5.76 Å². The lowest BCUT2D eigenvalue weighted by atomic mass is 10.5. The fraction of sp³-hybridized carbons (Fsp3) is 0.600. The number of ether oxygens (including phenoxy) is 3. The van der Waals surface area contributed by atoms with Crippen LogP contribution >= 0.6 is 0 Å². The minimum atomic E-state index is -0.675. The van der Waals surface area contributed by atoms with Crippen molar-refractivity contribution in [1.29, 1.82) is 0 Å². The van der Waals surface area contributed by atoms with Crippen molar-refractivity contribution in [1.82, 2.24) is 5.32 Å². The molecule has 0 aromatic carbocycles. The first kappa shape index (κ1) is 10.8. The molecule has 1 fully saturated rings. The van der Waals surface area contributed by atoms with Crippen molar-refractivity contribution in [2.75, 3.05) is 19.8 Å². The van der Waals surface area contributed by atoms with E-state index < -0.39 is 5.97 Å². The van der Waals surface area contributed by atoms with Crippen LogP contribution in [0.3, 0.4) is 0 Å². The highest BCUT2D eigenvalue weighted by molar-refractivity contribution is 5.88. The molecule has 16 heavy (non-hydrogen) atoms. The molecule has 1 amide bonds. The van der Waals surface area contributed by atoms with Crippen molar-refractivity contribution < 1.29 is 23.8 Å². The van der Waals surface area contributed by atoms with Crippen LogP contribution in [0.2, 0.25) is 0 Å². The Morgan fingerprint density at radius 1 is 1.44 bits per heavy atom. The van der Waals surface area contributed by atoms with E-state index in [1.165, 1.54) is 6.26 Å². The third-order valence-electron chi connectivity index (χ3n) is 2.13. The zero-order valence-corrected chi connectivity index (χ0v) is 8.73. The zero-order valence-electron chi connectivity index (χ0n) is 8.73. The van der Waals surface area contributed by atoms with E-state index in [0.717, 1.165) is 12.8 Å². The van der Waals surface area contributed by atoms with E-state index in [1.54, 1.807) is 0 Å². The van der Waals surface area contributed by atoms with Crippen LogP contribution < -0.4 is 5.32 Å². The van der Waals surface area contributed by atoms with Gasteiger partial charge in [-0.15, -0.1) is 0 Å². The second-order valence-corrected chi connectivity index (χ2v) is 3.62. The van der Waals surface area contributed by atoms with Gasteiger partial charge in [-0.1, -0.05) is 0 Å². The van der Waals surface area contributed by atoms with Gasteiger partial charge in [0.25, 0.3) is 5.91 Å². The molecule has 1 saturated carbocycles. The topological polar surface area (TPSA) is 73.9 Å². The number of rotatable bonds is 4. The van der Waals surface area contributed by atoms with E-state index in [2.05, 4.69) is 5.32 Å². The maximum atomic E-state index is 11.3. The Morgan fingerprint density at radius 2 is 2.25 bits per heavy atom. The SMILES string of the molecule is O=C(COC(=O)C1=COCCO1)NC1CC1. The van der Waals surface area contributed by atoms with Crippen LogP contribution in [0.15, 0.2) is 12.0 Å². The summed E-state index contributed by atoms with van der Waals surface area (Å²) in [6, 6.07) is 0.264. The quantitative estimate of drug-likeness (QED) is 0.667. The summed E-state index contributed by atoms with van der Waals surface area (Å²) in [6.07, 6.45) is 3.20. The molecule has 1 N–H and O–H groups in total. The Kier molecular flexibility index (Phi) is 3.28. The maximum absolute atomic E-state index is 11.3. The van der Waals surface area contributed by atoms with Gasteiger partial charge in [0.15, 0.2) is 6.61 Å². The Labute approximate surface area is 92.5 Å². The summed E-state index contributed by atoms with van der Waals surface area (Å²) in [5.74, 6) is -0.954. The average molecular weight is 227 g/mol. The number of carbonyl (C=O) groups is 2. The minimum Gasteiger partial charge on any atom is -0.493 e. The summed E-state index contributed by atoms with van der Waals surface area (Å²) in [7, 11) is 0. The van der Waals surface area contributed by atoms with Crippen molar-refractivity contribution in [2.45, 2.75) is 18.9 Å². The fourth-order valence-electron chi connectivity index (χ4n) is 1.17. The van der Waals surface area contributed by atoms with Crippen molar-refractivity contribution in [3.8, 4) is 0 Å². The highest BCUT2D eigenvalue weighted by Gasteiger charge is 2.24. The molecule has 0 aromatic rings. The van der Waals surface area contributed by atoms with Gasteiger partial charge < -0.3 is 19.5 Å². The van der Waals surface area contributed by atoms with E-state index in [-0.39, 0.29) is 24.3 Å². The van der Waals surface area contributed by atoms with Gasteiger partial charge in [-0.25, -0.2) is 4.79 Å². The Hall–Kier alpha value is -1.72. The summed E-state index contributed by atoms with van der Waals surface area (Å²) in [5, 5.41) is 2.70. The highest BCUT2D eigenvalue weighted by atomic mass is 16.6. The Morgan fingerprint density at radius 3 is 2.88 bits per heavy atom. The van der Waals surface area contributed by atoms with E-state index in [0.29, 0.717) is 13.2 Å². The molecule has 0 unspecified atom stereocenters. The third-order valence-corrected chi connectivity index (χ3v) is 2.13. The lowest BCUT2D eigenvalue weighted by Crippen LogP contribution is -2.31. The van der Waals surface area contributed by atoms with Gasteiger partial charge in [-0.3, -0.25) is 4.79 Å². The molecule has 2 rings (SSSR count). The average Bonchev–Trinajstić information content (AvgIpc) is 3.11. The number of hydrogen-bond acceptors (Lipinski definition) is 5. The molecule has 1 heterocycles. The van der Waals surface area contributed by atoms with Crippen molar-refractivity contribution in [2.24, 2.45) is 0 Å². The monoisotopic (exact) mass is 227 g/mol. The van der Waals surface area contributed by atoms with Crippen LogP contribution in [-0.4, -0.2) is 37.7 Å². The van der Waals surface area contributed by atoms with Gasteiger partial charge in [0.05, 0.1) is 0 Å². The standard InChI is InChI=1S/C10H13NO5/c12-9(11-7-1-2-7)6-16-10(13)8-5-14-3-4-15-8/h5,7H,1-4,6H2,(H,11,12). The fourth-order valence-corrected chi connectivity index (χ4v) is 1.17. The molecule has 6 heteroatoms. The zero-order chi connectivity index (χ0) is 11.4. The van der Waals surface area contributed by atoms with Gasteiger partial charge in [-0.2, -0.15) is 0 Å². The first-order valence-corrected chi connectivity index (χ1v) is 5.17. The number of carbonyl (C=O) groups excluding carboxylic acids is 2. The molecular weight excluding hydrogens is 214 g/mol. The molecule has 0 spiro atoms. The largest absolute Gasteiger partial charge is 0.493 e. The summed E-state index contributed by atoms with van der Waals surface area (Å²) >= 11 is 0. The Bertz CT molecular complexity index is 321. The second-order valence-electron chi connectivity index (χ2n) is 3.62. The first-order chi connectivity index (χ1) is 7.75. The number of hydrogen-bond donors (Lipinski definition) is 1.